The molecular weight excluding hydrogens is 222 g/mol. The van der Waals surface area contributed by atoms with Crippen LogP contribution in [0.5, 0.6) is 0 Å². The maximum Gasteiger partial charge on any atom is 0.168 e. The minimum atomic E-state index is -2.56. The number of benzene rings is 2. The summed E-state index contributed by atoms with van der Waals surface area (Å²) in [6.45, 7) is 0. The van der Waals surface area contributed by atoms with Crippen LogP contribution in [0.15, 0.2) is 47.4 Å². The number of aromatic nitrogens is 1. The van der Waals surface area contributed by atoms with Gasteiger partial charge in [-0.1, -0.05) is 24.3 Å². The zero-order valence-electron chi connectivity index (χ0n) is 8.31. The monoisotopic (exact) mass is 231 g/mol. The van der Waals surface area contributed by atoms with Gasteiger partial charge in [-0.3, -0.25) is 0 Å². The molecule has 0 radical (unpaired) electrons. The molecule has 16 heavy (non-hydrogen) atoms. The van der Waals surface area contributed by atoms with Crippen LogP contribution in [0.3, 0.4) is 0 Å². The van der Waals surface area contributed by atoms with E-state index in [1.54, 1.807) is 12.1 Å². The highest BCUT2D eigenvalue weighted by Gasteiger charge is 2.08. The molecule has 3 rings (SSSR count). The molecule has 3 aromatic rings. The van der Waals surface area contributed by atoms with Gasteiger partial charge in [-0.25, -0.2) is 8.42 Å². The molecule has 2 aromatic carbocycles. The van der Waals surface area contributed by atoms with E-state index in [1.165, 1.54) is 0 Å². The Morgan fingerprint density at radius 3 is 2.44 bits per heavy atom. The second-order valence-electron chi connectivity index (χ2n) is 3.63. The number of aromatic amines is 1. The Labute approximate surface area is 93.7 Å². The number of hydrogen-bond donors (Lipinski definition) is 2. The summed E-state index contributed by atoms with van der Waals surface area (Å²) in [5, 5.41) is 1.74. The maximum atomic E-state index is 11.2. The molecule has 0 saturated heterocycles. The summed E-state index contributed by atoms with van der Waals surface area (Å²) < 4.78 is 22.4. The van der Waals surface area contributed by atoms with Crippen LogP contribution in [-0.2, 0) is 10.7 Å². The third kappa shape index (κ3) is 1.23. The van der Waals surface area contributed by atoms with Gasteiger partial charge in [0, 0.05) is 21.8 Å². The predicted molar refractivity (Wildman–Crippen MR) is 64.4 cm³/mol. The molecule has 0 aliphatic carbocycles. The van der Waals surface area contributed by atoms with Crippen LogP contribution in [0.2, 0.25) is 0 Å². The summed E-state index contributed by atoms with van der Waals surface area (Å²) in [6, 6.07) is 13.0. The van der Waals surface area contributed by atoms with E-state index in [2.05, 4.69) is 4.98 Å². The third-order valence-electron chi connectivity index (χ3n) is 2.70. The Hall–Kier alpha value is -1.81. The first-order chi connectivity index (χ1) is 7.77. The van der Waals surface area contributed by atoms with E-state index >= 15 is 0 Å². The lowest BCUT2D eigenvalue weighted by Crippen LogP contribution is -1.80. The number of rotatable bonds is 1. The highest BCUT2D eigenvalue weighted by Crippen LogP contribution is 2.28. The second kappa shape index (κ2) is 3.35. The summed E-state index contributed by atoms with van der Waals surface area (Å²) in [6.07, 6.45) is 0. The fraction of sp³-hybridized carbons (Fsp3) is 0. The molecule has 0 atom stereocenters. The van der Waals surface area contributed by atoms with E-state index in [9.17, 15) is 8.42 Å². The lowest BCUT2D eigenvalue weighted by Gasteiger charge is -1.94. The average Bonchev–Trinajstić information content (AvgIpc) is 2.66. The Morgan fingerprint density at radius 1 is 0.875 bits per heavy atom. The van der Waals surface area contributed by atoms with Gasteiger partial charge in [-0.2, -0.15) is 0 Å². The van der Waals surface area contributed by atoms with Gasteiger partial charge in [0.25, 0.3) is 0 Å². The quantitative estimate of drug-likeness (QED) is 0.631. The summed E-state index contributed by atoms with van der Waals surface area (Å²) >= 11 is 0. The second-order valence-corrected chi connectivity index (χ2v) is 4.62. The fourth-order valence-electron chi connectivity index (χ4n) is 2.03. The molecule has 0 bridgehead atoms. The van der Waals surface area contributed by atoms with Gasteiger partial charge >= 0.3 is 0 Å². The molecule has 0 spiro atoms. The van der Waals surface area contributed by atoms with Crippen LogP contribution in [0.4, 0.5) is 0 Å². The Balaban J connectivity index is 2.63. The first kappa shape index (κ1) is 9.42. The largest absolute Gasteiger partial charge is 0.354 e. The maximum absolute atomic E-state index is 11.2. The van der Waals surface area contributed by atoms with Gasteiger partial charge in [-0.05, 0) is 18.2 Å². The first-order valence-corrected chi connectivity index (χ1v) is 6.09. The molecule has 1 aromatic heterocycles. The molecule has 0 amide bonds. The van der Waals surface area contributed by atoms with Crippen molar-refractivity contribution < 1.29 is 8.42 Å². The number of H-pyrrole nitrogens is 1. The van der Waals surface area contributed by atoms with E-state index in [-0.39, 0.29) is 0 Å². The van der Waals surface area contributed by atoms with Crippen molar-refractivity contribution in [3.05, 3.63) is 42.5 Å². The number of para-hydroxylation sites is 1. The first-order valence-electron chi connectivity index (χ1n) is 4.91. The van der Waals surface area contributed by atoms with Gasteiger partial charge in [0.05, 0.1) is 4.90 Å². The smallest absolute Gasteiger partial charge is 0.168 e. The highest BCUT2D eigenvalue weighted by molar-refractivity contribution is 7.72. The van der Waals surface area contributed by atoms with E-state index in [0.29, 0.717) is 4.90 Å². The van der Waals surface area contributed by atoms with Crippen LogP contribution < -0.4 is 0 Å². The molecule has 3 nitrogen and oxygen atoms in total. The van der Waals surface area contributed by atoms with E-state index < -0.39 is 10.7 Å². The standard InChI is InChI=1S/C12H9NO2S/c14-16(15)11-7-3-6-10-12(11)8-4-1-2-5-9(8)13-10/h1-7,13,16H. The molecule has 0 fully saturated rings. The minimum absolute atomic E-state index is 0.380. The normalized spacial score (nSPS) is 11.6. The van der Waals surface area contributed by atoms with E-state index in [1.807, 2.05) is 30.3 Å². The van der Waals surface area contributed by atoms with Crippen molar-refractivity contribution in [2.24, 2.45) is 0 Å². The van der Waals surface area contributed by atoms with Crippen LogP contribution in [0.25, 0.3) is 21.8 Å². The van der Waals surface area contributed by atoms with Gasteiger partial charge < -0.3 is 4.98 Å². The molecule has 4 heteroatoms. The summed E-state index contributed by atoms with van der Waals surface area (Å²) in [5.74, 6) is 0. The Bertz CT molecular complexity index is 748. The van der Waals surface area contributed by atoms with Gasteiger partial charge in [0.1, 0.15) is 0 Å². The molecule has 0 saturated carbocycles. The molecule has 1 heterocycles. The van der Waals surface area contributed by atoms with Crippen molar-refractivity contribution in [2.45, 2.75) is 4.90 Å². The van der Waals surface area contributed by atoms with Crippen molar-refractivity contribution in [3.8, 4) is 0 Å². The third-order valence-corrected chi connectivity index (χ3v) is 3.47. The summed E-state index contributed by atoms with van der Waals surface area (Å²) in [4.78, 5) is 3.59. The van der Waals surface area contributed by atoms with Crippen molar-refractivity contribution >= 4 is 32.5 Å². The molecule has 1 N–H and O–H groups in total. The minimum Gasteiger partial charge on any atom is -0.354 e. The number of thiol groups is 1. The van der Waals surface area contributed by atoms with Gasteiger partial charge in [0.15, 0.2) is 10.7 Å². The average molecular weight is 231 g/mol. The lowest BCUT2D eigenvalue weighted by atomic mass is 10.1. The molecule has 80 valence electrons. The van der Waals surface area contributed by atoms with Crippen molar-refractivity contribution in [1.29, 1.82) is 0 Å². The van der Waals surface area contributed by atoms with Crippen LogP contribution >= 0.6 is 0 Å². The molecular formula is C12H9NO2S. The zero-order valence-corrected chi connectivity index (χ0v) is 9.20. The lowest BCUT2D eigenvalue weighted by molar-refractivity contribution is 0.615. The Kier molecular flexibility index (Phi) is 1.97. The van der Waals surface area contributed by atoms with Gasteiger partial charge in [-0.15, -0.1) is 0 Å². The van der Waals surface area contributed by atoms with Crippen molar-refractivity contribution in [1.82, 2.24) is 4.98 Å². The predicted octanol–water partition coefficient (Wildman–Crippen LogP) is 2.29. The van der Waals surface area contributed by atoms with Crippen molar-refractivity contribution in [2.75, 3.05) is 0 Å². The zero-order chi connectivity index (χ0) is 11.1. The van der Waals surface area contributed by atoms with Crippen LogP contribution in [0.1, 0.15) is 0 Å². The van der Waals surface area contributed by atoms with E-state index in [4.69, 9.17) is 0 Å². The van der Waals surface area contributed by atoms with Crippen molar-refractivity contribution in [3.63, 3.8) is 0 Å². The number of nitrogens with one attached hydrogen (secondary N) is 1. The number of fused-ring (bicyclic) bond motifs is 3. The molecule has 0 aliphatic rings. The fourth-order valence-corrected chi connectivity index (χ4v) is 2.67. The number of hydrogen-bond acceptors (Lipinski definition) is 2. The van der Waals surface area contributed by atoms with E-state index in [0.717, 1.165) is 21.8 Å². The summed E-state index contributed by atoms with van der Waals surface area (Å²) in [7, 11) is -2.56. The van der Waals surface area contributed by atoms with Crippen LogP contribution in [-0.4, -0.2) is 13.4 Å². The van der Waals surface area contributed by atoms with Crippen LogP contribution in [0, 0.1) is 0 Å². The molecule has 0 unspecified atom stereocenters. The highest BCUT2D eigenvalue weighted by atomic mass is 32.2. The van der Waals surface area contributed by atoms with Gasteiger partial charge in [0.2, 0.25) is 0 Å². The SMILES string of the molecule is O=[SH](=O)c1cccc2[nH]c3ccccc3c12. The Morgan fingerprint density at radius 2 is 1.62 bits per heavy atom. The summed E-state index contributed by atoms with van der Waals surface area (Å²) in [5.41, 5.74) is 1.82. The molecule has 0 aliphatic heterocycles. The topological polar surface area (TPSA) is 49.9 Å².